The molecule has 0 saturated carbocycles. The third-order valence-corrected chi connectivity index (χ3v) is 2.81. The number of sulfonamides is 1. The van der Waals surface area contributed by atoms with E-state index in [9.17, 15) is 13.2 Å². The Labute approximate surface area is 104 Å². The Morgan fingerprint density at radius 2 is 1.71 bits per heavy atom. The van der Waals surface area contributed by atoms with Crippen LogP contribution in [0.2, 0.25) is 0 Å². The van der Waals surface area contributed by atoms with Gasteiger partial charge in [0, 0.05) is 6.54 Å². The number of nitrogens with one attached hydrogen (secondary N) is 2. The summed E-state index contributed by atoms with van der Waals surface area (Å²) in [4.78, 5) is 11.9. The number of amides is 1. The quantitative estimate of drug-likeness (QED) is 0.768. The molecule has 0 unspecified atom stereocenters. The lowest BCUT2D eigenvalue weighted by Gasteiger charge is -2.29. The fourth-order valence-electron chi connectivity index (χ4n) is 1.24. The highest BCUT2D eigenvalue weighted by atomic mass is 32.2. The maximum Gasteiger partial charge on any atom is 0.238 e. The lowest BCUT2D eigenvalue weighted by molar-refractivity contribution is -0.125. The van der Waals surface area contributed by atoms with Gasteiger partial charge in [0.25, 0.3) is 0 Å². The summed E-state index contributed by atoms with van der Waals surface area (Å²) in [7, 11) is -3.40. The standard InChI is InChI=1S/C11H24N2O3S/c1-8(2)7-12-10(14)9(11(3,4)5)13-17(6,15)16/h8-9,13H,7H2,1-6H3,(H,12,14)/t9-/m0/s1. The van der Waals surface area contributed by atoms with E-state index in [1.165, 1.54) is 0 Å². The molecule has 2 N–H and O–H groups in total. The molecule has 0 aliphatic rings. The molecule has 0 aliphatic heterocycles. The number of hydrogen-bond donors (Lipinski definition) is 2. The van der Waals surface area contributed by atoms with Gasteiger partial charge in [0.2, 0.25) is 15.9 Å². The Bertz CT molecular complexity index is 355. The maximum atomic E-state index is 11.9. The van der Waals surface area contributed by atoms with Crippen LogP contribution >= 0.6 is 0 Å². The summed E-state index contributed by atoms with van der Waals surface area (Å²) in [5.41, 5.74) is -0.468. The van der Waals surface area contributed by atoms with Crippen LogP contribution in [0.1, 0.15) is 34.6 Å². The van der Waals surface area contributed by atoms with Crippen LogP contribution in [0.3, 0.4) is 0 Å². The summed E-state index contributed by atoms with van der Waals surface area (Å²) in [6.07, 6.45) is 1.06. The molecule has 0 spiro atoms. The molecule has 1 amide bonds. The zero-order valence-corrected chi connectivity index (χ0v) is 12.3. The predicted octanol–water partition coefficient (Wildman–Crippen LogP) is 0.723. The molecule has 0 rings (SSSR count). The van der Waals surface area contributed by atoms with E-state index in [4.69, 9.17) is 0 Å². The van der Waals surface area contributed by atoms with Gasteiger partial charge in [-0.05, 0) is 11.3 Å². The molecule has 0 aromatic rings. The van der Waals surface area contributed by atoms with Gasteiger partial charge in [0.1, 0.15) is 6.04 Å². The number of carbonyl (C=O) groups excluding carboxylic acids is 1. The normalized spacial score (nSPS) is 14.8. The van der Waals surface area contributed by atoms with Crippen molar-refractivity contribution in [3.05, 3.63) is 0 Å². The summed E-state index contributed by atoms with van der Waals surface area (Å²) in [5.74, 6) is 0.0504. The second-order valence-corrected chi connectivity index (χ2v) is 7.61. The van der Waals surface area contributed by atoms with Crippen molar-refractivity contribution in [2.45, 2.75) is 40.7 Å². The van der Waals surface area contributed by atoms with Gasteiger partial charge in [-0.1, -0.05) is 34.6 Å². The Kier molecular flexibility index (Phi) is 5.61. The highest BCUT2D eigenvalue weighted by Gasteiger charge is 2.33. The molecule has 0 fully saturated rings. The molecule has 0 aromatic heterocycles. The van der Waals surface area contributed by atoms with Gasteiger partial charge in [-0.15, -0.1) is 0 Å². The molecular weight excluding hydrogens is 240 g/mol. The van der Waals surface area contributed by atoms with Crippen LogP contribution in [-0.4, -0.2) is 33.2 Å². The van der Waals surface area contributed by atoms with Crippen molar-refractivity contribution in [1.29, 1.82) is 0 Å². The van der Waals surface area contributed by atoms with Gasteiger partial charge in [0.05, 0.1) is 6.26 Å². The van der Waals surface area contributed by atoms with E-state index < -0.39 is 21.5 Å². The van der Waals surface area contributed by atoms with Gasteiger partial charge >= 0.3 is 0 Å². The fourth-order valence-corrected chi connectivity index (χ4v) is 2.13. The molecule has 102 valence electrons. The van der Waals surface area contributed by atoms with Crippen molar-refractivity contribution in [2.24, 2.45) is 11.3 Å². The van der Waals surface area contributed by atoms with E-state index in [1.807, 2.05) is 34.6 Å². The first-order valence-corrected chi connectivity index (χ1v) is 7.57. The Morgan fingerprint density at radius 1 is 1.24 bits per heavy atom. The molecule has 0 heterocycles. The molecule has 0 aliphatic carbocycles. The van der Waals surface area contributed by atoms with Crippen LogP contribution < -0.4 is 10.0 Å². The number of carbonyl (C=O) groups is 1. The van der Waals surface area contributed by atoms with Gasteiger partial charge < -0.3 is 5.32 Å². The first-order valence-electron chi connectivity index (χ1n) is 5.68. The largest absolute Gasteiger partial charge is 0.354 e. The maximum absolute atomic E-state index is 11.9. The Balaban J connectivity index is 4.77. The monoisotopic (exact) mass is 264 g/mol. The smallest absolute Gasteiger partial charge is 0.238 e. The molecule has 6 heteroatoms. The van der Waals surface area contributed by atoms with Gasteiger partial charge in [0.15, 0.2) is 0 Å². The molecule has 5 nitrogen and oxygen atoms in total. The lowest BCUT2D eigenvalue weighted by atomic mass is 9.87. The molecule has 0 bridgehead atoms. The average Bonchev–Trinajstić information content (AvgIpc) is 2.07. The van der Waals surface area contributed by atoms with Crippen molar-refractivity contribution in [1.82, 2.24) is 10.0 Å². The second-order valence-electron chi connectivity index (χ2n) is 5.83. The summed E-state index contributed by atoms with van der Waals surface area (Å²) in [6, 6.07) is -0.753. The molecule has 0 radical (unpaired) electrons. The van der Waals surface area contributed by atoms with Crippen LogP contribution in [0.15, 0.2) is 0 Å². The van der Waals surface area contributed by atoms with Crippen LogP contribution in [0.25, 0.3) is 0 Å². The minimum atomic E-state index is -3.40. The van der Waals surface area contributed by atoms with E-state index in [1.54, 1.807) is 0 Å². The average molecular weight is 264 g/mol. The number of rotatable bonds is 5. The highest BCUT2D eigenvalue weighted by molar-refractivity contribution is 7.88. The van der Waals surface area contributed by atoms with Crippen LogP contribution in [0, 0.1) is 11.3 Å². The van der Waals surface area contributed by atoms with Crippen molar-refractivity contribution < 1.29 is 13.2 Å². The lowest BCUT2D eigenvalue weighted by Crippen LogP contribution is -2.53. The van der Waals surface area contributed by atoms with E-state index in [-0.39, 0.29) is 5.91 Å². The molecule has 0 saturated heterocycles. The Morgan fingerprint density at radius 3 is 2.00 bits per heavy atom. The minimum absolute atomic E-state index is 0.281. The zero-order chi connectivity index (χ0) is 13.9. The fraction of sp³-hybridized carbons (Fsp3) is 0.909. The first kappa shape index (κ1) is 16.4. The van der Waals surface area contributed by atoms with Gasteiger partial charge in [-0.3, -0.25) is 4.79 Å². The van der Waals surface area contributed by atoms with Crippen LogP contribution in [0.4, 0.5) is 0 Å². The second kappa shape index (κ2) is 5.82. The SMILES string of the molecule is CC(C)CNC(=O)[C@H](NS(C)(=O)=O)C(C)(C)C. The van der Waals surface area contributed by atoms with E-state index >= 15 is 0 Å². The molecule has 17 heavy (non-hydrogen) atoms. The predicted molar refractivity (Wildman–Crippen MR) is 69.1 cm³/mol. The van der Waals surface area contributed by atoms with E-state index in [0.717, 1.165) is 6.26 Å². The summed E-state index contributed by atoms with van der Waals surface area (Å²) in [5, 5.41) is 2.75. The highest BCUT2D eigenvalue weighted by Crippen LogP contribution is 2.20. The van der Waals surface area contributed by atoms with E-state index in [0.29, 0.717) is 12.5 Å². The number of hydrogen-bond acceptors (Lipinski definition) is 3. The van der Waals surface area contributed by atoms with Crippen LogP contribution in [0.5, 0.6) is 0 Å². The first-order chi connectivity index (χ1) is 7.43. The summed E-state index contributed by atoms with van der Waals surface area (Å²) in [6.45, 7) is 9.98. The summed E-state index contributed by atoms with van der Waals surface area (Å²) >= 11 is 0. The van der Waals surface area contributed by atoms with Crippen molar-refractivity contribution in [3.8, 4) is 0 Å². The van der Waals surface area contributed by atoms with Crippen molar-refractivity contribution >= 4 is 15.9 Å². The van der Waals surface area contributed by atoms with Gasteiger partial charge in [-0.25, -0.2) is 13.1 Å². The third-order valence-electron chi connectivity index (χ3n) is 2.14. The van der Waals surface area contributed by atoms with Gasteiger partial charge in [-0.2, -0.15) is 0 Å². The third kappa shape index (κ3) is 7.33. The van der Waals surface area contributed by atoms with Crippen LogP contribution in [-0.2, 0) is 14.8 Å². The molecular formula is C11H24N2O3S. The summed E-state index contributed by atoms with van der Waals surface area (Å²) < 4.78 is 24.9. The zero-order valence-electron chi connectivity index (χ0n) is 11.5. The molecule has 0 aromatic carbocycles. The minimum Gasteiger partial charge on any atom is -0.354 e. The van der Waals surface area contributed by atoms with Crippen molar-refractivity contribution in [2.75, 3.05) is 12.8 Å². The molecule has 1 atom stereocenters. The van der Waals surface area contributed by atoms with E-state index in [2.05, 4.69) is 10.0 Å². The van der Waals surface area contributed by atoms with Crippen molar-refractivity contribution in [3.63, 3.8) is 0 Å². The topological polar surface area (TPSA) is 75.3 Å². The Hall–Kier alpha value is -0.620.